The standard InChI is InChI=1S/C19H17N5OS/c1-12(26-19-16-10-22-24(2)17(16)20-11-21-19)18(25)23-15-8-7-13-5-3-4-6-14(13)9-15/h3-12H,1-2H3,(H,23,25)/t12-/m0/s1. The molecular weight excluding hydrogens is 346 g/mol. The number of benzene rings is 2. The molecule has 6 nitrogen and oxygen atoms in total. The van der Waals surface area contributed by atoms with Gasteiger partial charge in [0.2, 0.25) is 5.91 Å². The van der Waals surface area contributed by atoms with Gasteiger partial charge in [-0.1, -0.05) is 42.1 Å². The molecule has 0 aliphatic carbocycles. The fourth-order valence-corrected chi connectivity index (χ4v) is 3.65. The Bertz CT molecular complexity index is 1110. The Balaban J connectivity index is 1.51. The molecule has 2 aromatic carbocycles. The number of nitrogens with one attached hydrogen (secondary N) is 1. The van der Waals surface area contributed by atoms with Crippen LogP contribution in [-0.4, -0.2) is 30.9 Å². The normalized spacial score (nSPS) is 12.4. The number of carbonyl (C=O) groups excluding carboxylic acids is 1. The molecule has 1 N–H and O–H groups in total. The summed E-state index contributed by atoms with van der Waals surface area (Å²) in [6.45, 7) is 1.87. The third-order valence-electron chi connectivity index (χ3n) is 4.17. The Labute approximate surface area is 154 Å². The molecule has 26 heavy (non-hydrogen) atoms. The molecule has 0 saturated carbocycles. The molecule has 0 spiro atoms. The molecule has 0 radical (unpaired) electrons. The van der Waals surface area contributed by atoms with Gasteiger partial charge < -0.3 is 5.32 Å². The van der Waals surface area contributed by atoms with Gasteiger partial charge in [0, 0.05) is 12.7 Å². The van der Waals surface area contributed by atoms with Gasteiger partial charge in [0.15, 0.2) is 5.65 Å². The lowest BCUT2D eigenvalue weighted by Crippen LogP contribution is -2.22. The van der Waals surface area contributed by atoms with Crippen LogP contribution in [0.2, 0.25) is 0 Å². The molecule has 0 saturated heterocycles. The number of carbonyl (C=O) groups is 1. The Morgan fingerprint density at radius 1 is 1.15 bits per heavy atom. The van der Waals surface area contributed by atoms with Crippen LogP contribution in [0.5, 0.6) is 0 Å². The number of aryl methyl sites for hydroxylation is 1. The highest BCUT2D eigenvalue weighted by Crippen LogP contribution is 2.28. The summed E-state index contributed by atoms with van der Waals surface area (Å²) in [6, 6.07) is 14.0. The summed E-state index contributed by atoms with van der Waals surface area (Å²) in [4.78, 5) is 21.1. The fourth-order valence-electron chi connectivity index (χ4n) is 2.77. The summed E-state index contributed by atoms with van der Waals surface area (Å²) in [5.74, 6) is -0.0686. The van der Waals surface area contributed by atoms with E-state index in [1.54, 1.807) is 10.9 Å². The first-order valence-corrected chi connectivity index (χ1v) is 9.09. The van der Waals surface area contributed by atoms with Crippen molar-refractivity contribution in [1.82, 2.24) is 19.7 Å². The lowest BCUT2D eigenvalue weighted by Gasteiger charge is -2.12. The number of hydrogen-bond donors (Lipinski definition) is 1. The maximum Gasteiger partial charge on any atom is 0.237 e. The zero-order chi connectivity index (χ0) is 18.1. The van der Waals surface area contributed by atoms with Gasteiger partial charge in [-0.3, -0.25) is 9.48 Å². The number of amides is 1. The van der Waals surface area contributed by atoms with Crippen LogP contribution in [0.3, 0.4) is 0 Å². The summed E-state index contributed by atoms with van der Waals surface area (Å²) in [6.07, 6.45) is 3.23. The summed E-state index contributed by atoms with van der Waals surface area (Å²) in [5, 5.41) is 10.7. The molecule has 2 aromatic heterocycles. The summed E-state index contributed by atoms with van der Waals surface area (Å²) in [5.41, 5.74) is 1.54. The van der Waals surface area contributed by atoms with E-state index >= 15 is 0 Å². The van der Waals surface area contributed by atoms with E-state index in [4.69, 9.17) is 0 Å². The molecule has 130 valence electrons. The summed E-state index contributed by atoms with van der Waals surface area (Å²) >= 11 is 1.40. The minimum atomic E-state index is -0.306. The maximum atomic E-state index is 12.6. The second-order valence-corrected chi connectivity index (χ2v) is 7.33. The fraction of sp³-hybridized carbons (Fsp3) is 0.158. The summed E-state index contributed by atoms with van der Waals surface area (Å²) in [7, 11) is 1.83. The average Bonchev–Trinajstić information content (AvgIpc) is 3.04. The Morgan fingerprint density at radius 3 is 2.81 bits per heavy atom. The van der Waals surface area contributed by atoms with Crippen LogP contribution in [0.25, 0.3) is 21.8 Å². The van der Waals surface area contributed by atoms with Gasteiger partial charge in [0.05, 0.1) is 16.8 Å². The molecule has 0 aliphatic heterocycles. The molecule has 4 rings (SSSR count). The number of aromatic nitrogens is 4. The van der Waals surface area contributed by atoms with Crippen molar-refractivity contribution in [2.75, 3.05) is 5.32 Å². The van der Waals surface area contributed by atoms with Gasteiger partial charge >= 0.3 is 0 Å². The van der Waals surface area contributed by atoms with E-state index in [0.717, 1.165) is 32.5 Å². The first-order valence-electron chi connectivity index (χ1n) is 8.21. The minimum Gasteiger partial charge on any atom is -0.325 e. The second kappa shape index (κ2) is 6.76. The van der Waals surface area contributed by atoms with Crippen LogP contribution in [0.15, 0.2) is 60.0 Å². The van der Waals surface area contributed by atoms with E-state index in [1.165, 1.54) is 18.1 Å². The van der Waals surface area contributed by atoms with Crippen molar-refractivity contribution in [2.45, 2.75) is 17.2 Å². The van der Waals surface area contributed by atoms with Gasteiger partial charge in [0.25, 0.3) is 0 Å². The number of nitrogens with zero attached hydrogens (tertiary/aromatic N) is 4. The minimum absolute atomic E-state index is 0.0686. The highest BCUT2D eigenvalue weighted by Gasteiger charge is 2.18. The van der Waals surface area contributed by atoms with Crippen LogP contribution in [0, 0.1) is 0 Å². The first kappa shape index (κ1) is 16.5. The Hall–Kier alpha value is -2.93. The second-order valence-electron chi connectivity index (χ2n) is 6.00. The monoisotopic (exact) mass is 363 g/mol. The van der Waals surface area contributed by atoms with Gasteiger partial charge in [-0.15, -0.1) is 0 Å². The van der Waals surface area contributed by atoms with E-state index in [1.807, 2.05) is 56.4 Å². The van der Waals surface area contributed by atoms with Crippen molar-refractivity contribution < 1.29 is 4.79 Å². The van der Waals surface area contributed by atoms with Crippen molar-refractivity contribution in [2.24, 2.45) is 7.05 Å². The quantitative estimate of drug-likeness (QED) is 0.443. The zero-order valence-electron chi connectivity index (χ0n) is 14.4. The predicted octanol–water partition coefficient (Wildman–Crippen LogP) is 3.64. The van der Waals surface area contributed by atoms with E-state index in [0.29, 0.717) is 0 Å². The molecule has 0 unspecified atom stereocenters. The van der Waals surface area contributed by atoms with Crippen LogP contribution < -0.4 is 5.32 Å². The first-order chi connectivity index (χ1) is 12.6. The maximum absolute atomic E-state index is 12.6. The van der Waals surface area contributed by atoms with Crippen LogP contribution in [-0.2, 0) is 11.8 Å². The lowest BCUT2D eigenvalue weighted by molar-refractivity contribution is -0.115. The van der Waals surface area contributed by atoms with E-state index in [-0.39, 0.29) is 11.2 Å². The molecule has 0 fully saturated rings. The van der Waals surface area contributed by atoms with Crippen molar-refractivity contribution in [3.8, 4) is 0 Å². The predicted molar refractivity (Wildman–Crippen MR) is 104 cm³/mol. The summed E-state index contributed by atoms with van der Waals surface area (Å²) < 4.78 is 1.70. The smallest absolute Gasteiger partial charge is 0.237 e. The Morgan fingerprint density at radius 2 is 1.96 bits per heavy atom. The SMILES string of the molecule is C[C@H](Sc1ncnc2c1cnn2C)C(=O)Nc1ccc2ccccc2c1. The highest BCUT2D eigenvalue weighted by molar-refractivity contribution is 8.00. The number of hydrogen-bond acceptors (Lipinski definition) is 5. The molecule has 0 aliphatic rings. The zero-order valence-corrected chi connectivity index (χ0v) is 15.2. The van der Waals surface area contributed by atoms with Gasteiger partial charge in [0.1, 0.15) is 11.4 Å². The molecule has 1 atom stereocenters. The van der Waals surface area contributed by atoms with Crippen LogP contribution in [0.1, 0.15) is 6.92 Å². The number of rotatable bonds is 4. The lowest BCUT2D eigenvalue weighted by atomic mass is 10.1. The van der Waals surface area contributed by atoms with Crippen LogP contribution >= 0.6 is 11.8 Å². The largest absolute Gasteiger partial charge is 0.325 e. The highest BCUT2D eigenvalue weighted by atomic mass is 32.2. The number of fused-ring (bicyclic) bond motifs is 2. The van der Waals surface area contributed by atoms with Crippen molar-refractivity contribution in [3.63, 3.8) is 0 Å². The van der Waals surface area contributed by atoms with Gasteiger partial charge in [-0.25, -0.2) is 9.97 Å². The van der Waals surface area contributed by atoms with Gasteiger partial charge in [-0.05, 0) is 29.8 Å². The van der Waals surface area contributed by atoms with Crippen molar-refractivity contribution >= 4 is 45.2 Å². The molecule has 1 amide bonds. The molecule has 4 aromatic rings. The van der Waals surface area contributed by atoms with Crippen molar-refractivity contribution in [1.29, 1.82) is 0 Å². The molecular formula is C19H17N5OS. The number of thioether (sulfide) groups is 1. The van der Waals surface area contributed by atoms with Gasteiger partial charge in [-0.2, -0.15) is 5.10 Å². The Kier molecular flexibility index (Phi) is 4.30. The van der Waals surface area contributed by atoms with E-state index in [2.05, 4.69) is 20.4 Å². The number of anilines is 1. The van der Waals surface area contributed by atoms with Crippen LogP contribution in [0.4, 0.5) is 5.69 Å². The average molecular weight is 363 g/mol. The molecule has 0 bridgehead atoms. The van der Waals surface area contributed by atoms with E-state index < -0.39 is 0 Å². The van der Waals surface area contributed by atoms with Crippen molar-refractivity contribution in [3.05, 3.63) is 55.0 Å². The molecule has 7 heteroatoms. The third kappa shape index (κ3) is 3.13. The molecule has 2 heterocycles. The van der Waals surface area contributed by atoms with E-state index in [9.17, 15) is 4.79 Å². The third-order valence-corrected chi connectivity index (χ3v) is 5.28. The topological polar surface area (TPSA) is 72.7 Å².